The van der Waals surface area contributed by atoms with E-state index in [1.54, 1.807) is 25.1 Å². The lowest BCUT2D eigenvalue weighted by Gasteiger charge is -2.37. The van der Waals surface area contributed by atoms with Crippen molar-refractivity contribution in [2.75, 3.05) is 14.2 Å². The largest absolute Gasteiger partial charge is 0.496 e. The van der Waals surface area contributed by atoms with Gasteiger partial charge in [0.2, 0.25) is 21.2 Å². The summed E-state index contributed by atoms with van der Waals surface area (Å²) in [5.41, 5.74) is -1.93. The number of hydrogen-bond donors (Lipinski definition) is 0. The zero-order valence-corrected chi connectivity index (χ0v) is 18.5. The molecule has 0 saturated carbocycles. The molecule has 2 atom stereocenters. The van der Waals surface area contributed by atoms with Crippen molar-refractivity contribution < 1.29 is 32.2 Å². The first-order valence-electron chi connectivity index (χ1n) is 9.42. The summed E-state index contributed by atoms with van der Waals surface area (Å²) in [5, 5.41) is 0.0177. The Balaban J connectivity index is 2.00. The lowest BCUT2D eigenvalue weighted by Crippen LogP contribution is -2.53. The van der Waals surface area contributed by atoms with E-state index in [1.165, 1.54) is 32.4 Å². The van der Waals surface area contributed by atoms with Crippen LogP contribution in [0.3, 0.4) is 0 Å². The maximum absolute atomic E-state index is 13.8. The molecule has 0 fully saturated rings. The zero-order valence-electron chi connectivity index (χ0n) is 17.0. The highest BCUT2D eigenvalue weighted by Crippen LogP contribution is 2.55. The van der Waals surface area contributed by atoms with Crippen molar-refractivity contribution in [2.45, 2.75) is 23.8 Å². The maximum Gasteiger partial charge on any atom is 0.219 e. The third kappa shape index (κ3) is 2.96. The number of ketones is 2. The van der Waals surface area contributed by atoms with E-state index in [-0.39, 0.29) is 39.2 Å². The zero-order chi connectivity index (χ0) is 22.6. The summed E-state index contributed by atoms with van der Waals surface area (Å²) >= 11 is 6.41. The molecule has 0 amide bonds. The number of fused-ring (bicyclic) bond motifs is 1. The van der Waals surface area contributed by atoms with Gasteiger partial charge in [-0.15, -0.1) is 0 Å². The molecule has 0 saturated heterocycles. The number of halogens is 1. The van der Waals surface area contributed by atoms with Crippen molar-refractivity contribution >= 4 is 33.0 Å². The number of ether oxygens (including phenoxy) is 3. The monoisotopic (exact) mass is 462 g/mol. The first-order chi connectivity index (χ1) is 14.7. The normalized spacial score (nSPS) is 22.7. The van der Waals surface area contributed by atoms with Crippen molar-refractivity contribution in [3.8, 4) is 17.2 Å². The standard InChI is InChI=1S/C22H19ClO7S/c1-12-9-13(24)10-17(31(26,27)14-7-5-4-6-8-14)22(12)21(25)18-15(28-2)11-16(29-3)19(23)20(18)30-22/h4-8,10-12H,9H2,1-3H3/t12-,22+/m1/s1. The number of hydrogen-bond acceptors (Lipinski definition) is 7. The molecule has 2 aliphatic rings. The lowest BCUT2D eigenvalue weighted by molar-refractivity contribution is -0.117. The summed E-state index contributed by atoms with van der Waals surface area (Å²) in [7, 11) is -1.48. The minimum absolute atomic E-state index is 0.0173. The Kier molecular flexibility index (Phi) is 5.10. The fourth-order valence-corrected chi connectivity index (χ4v) is 6.15. The number of carbonyl (C=O) groups is 2. The van der Waals surface area contributed by atoms with Crippen LogP contribution in [0.25, 0.3) is 0 Å². The number of carbonyl (C=O) groups excluding carboxylic acids is 2. The molecule has 0 bridgehead atoms. The summed E-state index contributed by atoms with van der Waals surface area (Å²) in [6.45, 7) is 1.60. The van der Waals surface area contributed by atoms with Crippen molar-refractivity contribution in [2.24, 2.45) is 5.92 Å². The molecule has 0 aromatic heterocycles. The minimum atomic E-state index is -4.24. The van der Waals surface area contributed by atoms with Crippen LogP contribution in [0.2, 0.25) is 5.02 Å². The van der Waals surface area contributed by atoms with E-state index in [4.69, 9.17) is 25.8 Å². The molecule has 31 heavy (non-hydrogen) atoms. The highest BCUT2D eigenvalue weighted by Gasteiger charge is 2.61. The van der Waals surface area contributed by atoms with Crippen molar-refractivity contribution in [1.29, 1.82) is 0 Å². The number of allylic oxidation sites excluding steroid dienone is 1. The van der Waals surface area contributed by atoms with Gasteiger partial charge in [-0.3, -0.25) is 9.59 Å². The maximum atomic E-state index is 13.8. The molecule has 162 valence electrons. The SMILES string of the molecule is COc1cc(OC)c2c(c1Cl)O[C@]1(C2=O)C(S(=O)(=O)c2ccccc2)=CC(=O)C[C@H]1C. The smallest absolute Gasteiger partial charge is 0.219 e. The van der Waals surface area contributed by atoms with Crippen LogP contribution in [-0.2, 0) is 14.6 Å². The van der Waals surface area contributed by atoms with Crippen LogP contribution in [0.5, 0.6) is 17.2 Å². The summed E-state index contributed by atoms with van der Waals surface area (Å²) in [5.74, 6) is -1.49. The predicted molar refractivity (Wildman–Crippen MR) is 113 cm³/mol. The van der Waals surface area contributed by atoms with Gasteiger partial charge in [-0.05, 0) is 12.1 Å². The Hall–Kier alpha value is -2.84. The van der Waals surface area contributed by atoms with Gasteiger partial charge in [0.05, 0.1) is 19.1 Å². The molecule has 2 aromatic carbocycles. The Bertz CT molecular complexity index is 1230. The number of methoxy groups -OCH3 is 2. The number of benzene rings is 2. The molecular weight excluding hydrogens is 444 g/mol. The van der Waals surface area contributed by atoms with Crippen LogP contribution in [0, 0.1) is 5.92 Å². The van der Waals surface area contributed by atoms with E-state index >= 15 is 0 Å². The second-order valence-corrected chi connectivity index (χ2v) is 9.66. The van der Waals surface area contributed by atoms with Crippen LogP contribution in [0.4, 0.5) is 0 Å². The third-order valence-electron chi connectivity index (χ3n) is 5.62. The quantitative estimate of drug-likeness (QED) is 0.684. The van der Waals surface area contributed by atoms with Crippen LogP contribution in [0.1, 0.15) is 23.7 Å². The second-order valence-electron chi connectivity index (χ2n) is 7.36. The Labute approximate surface area is 184 Å². The van der Waals surface area contributed by atoms with Gasteiger partial charge in [-0.25, -0.2) is 8.42 Å². The topological polar surface area (TPSA) is 96.0 Å². The Morgan fingerprint density at radius 1 is 1.10 bits per heavy atom. The van der Waals surface area contributed by atoms with E-state index in [9.17, 15) is 18.0 Å². The van der Waals surface area contributed by atoms with Crippen molar-refractivity contribution in [3.63, 3.8) is 0 Å². The van der Waals surface area contributed by atoms with E-state index in [2.05, 4.69) is 0 Å². The van der Waals surface area contributed by atoms with Gasteiger partial charge in [0, 0.05) is 24.5 Å². The fourth-order valence-electron chi connectivity index (χ4n) is 4.09. The Morgan fingerprint density at radius 2 is 1.74 bits per heavy atom. The van der Waals surface area contributed by atoms with Crippen LogP contribution >= 0.6 is 11.6 Å². The van der Waals surface area contributed by atoms with E-state index in [0.29, 0.717) is 0 Å². The van der Waals surface area contributed by atoms with Crippen molar-refractivity contribution in [3.05, 3.63) is 58.0 Å². The number of sulfone groups is 1. The van der Waals surface area contributed by atoms with Gasteiger partial charge in [0.25, 0.3) is 0 Å². The first kappa shape index (κ1) is 21.4. The van der Waals surface area contributed by atoms with E-state index in [1.807, 2.05) is 0 Å². The van der Waals surface area contributed by atoms with E-state index < -0.39 is 37.8 Å². The molecular formula is C22H19ClO7S. The average Bonchev–Trinajstić information content (AvgIpc) is 3.06. The minimum Gasteiger partial charge on any atom is -0.496 e. The molecule has 2 aromatic rings. The summed E-state index contributed by atoms with van der Waals surface area (Å²) < 4.78 is 43.8. The molecule has 1 spiro atoms. The highest BCUT2D eigenvalue weighted by atomic mass is 35.5. The average molecular weight is 463 g/mol. The molecule has 1 aliphatic carbocycles. The molecule has 1 aliphatic heterocycles. The molecule has 0 radical (unpaired) electrons. The third-order valence-corrected chi connectivity index (χ3v) is 7.87. The molecule has 7 nitrogen and oxygen atoms in total. The second kappa shape index (κ2) is 7.39. The van der Waals surface area contributed by atoms with Crippen LogP contribution < -0.4 is 14.2 Å². The van der Waals surface area contributed by atoms with Crippen LogP contribution in [0.15, 0.2) is 52.3 Å². The van der Waals surface area contributed by atoms with Gasteiger partial charge in [0.15, 0.2) is 11.5 Å². The molecule has 9 heteroatoms. The van der Waals surface area contributed by atoms with Crippen LogP contribution in [-0.4, -0.2) is 39.8 Å². The Morgan fingerprint density at radius 3 is 2.35 bits per heavy atom. The molecule has 0 unspecified atom stereocenters. The molecule has 1 heterocycles. The first-order valence-corrected chi connectivity index (χ1v) is 11.3. The van der Waals surface area contributed by atoms with Gasteiger partial charge >= 0.3 is 0 Å². The van der Waals surface area contributed by atoms with Crippen molar-refractivity contribution in [1.82, 2.24) is 0 Å². The summed E-state index contributed by atoms with van der Waals surface area (Å²) in [6, 6.07) is 9.03. The summed E-state index contributed by atoms with van der Waals surface area (Å²) in [6.07, 6.45) is 0.925. The summed E-state index contributed by atoms with van der Waals surface area (Å²) in [4.78, 5) is 25.7. The fraction of sp³-hybridized carbons (Fsp3) is 0.273. The molecule has 0 N–H and O–H groups in total. The van der Waals surface area contributed by atoms with Gasteiger partial charge in [-0.1, -0.05) is 36.7 Å². The number of rotatable bonds is 4. The van der Waals surface area contributed by atoms with Gasteiger partial charge in [-0.2, -0.15) is 0 Å². The highest BCUT2D eigenvalue weighted by molar-refractivity contribution is 7.95. The lowest BCUT2D eigenvalue weighted by atomic mass is 9.77. The molecule has 4 rings (SSSR count). The number of Topliss-reactive ketones (excluding diaryl/α,β-unsaturated/α-hetero) is 1. The van der Waals surface area contributed by atoms with Gasteiger partial charge in [0.1, 0.15) is 27.0 Å². The van der Waals surface area contributed by atoms with Gasteiger partial charge < -0.3 is 14.2 Å². The van der Waals surface area contributed by atoms with E-state index in [0.717, 1.165) is 6.08 Å². The predicted octanol–water partition coefficient (Wildman–Crippen LogP) is 3.64.